The monoisotopic (exact) mass is 335 g/mol. The van der Waals surface area contributed by atoms with E-state index in [0.717, 1.165) is 0 Å². The number of benzene rings is 2. The summed E-state index contributed by atoms with van der Waals surface area (Å²) in [5.41, 5.74) is 0.656. The van der Waals surface area contributed by atoms with Gasteiger partial charge in [0.25, 0.3) is 0 Å². The Hall–Kier alpha value is -2.40. The third-order valence-corrected chi connectivity index (χ3v) is 3.51. The van der Waals surface area contributed by atoms with Gasteiger partial charge in [-0.3, -0.25) is 4.79 Å². The zero-order valence-electron chi connectivity index (χ0n) is 12.4. The summed E-state index contributed by atoms with van der Waals surface area (Å²) in [5.74, 6) is -1.43. The van der Waals surface area contributed by atoms with Gasteiger partial charge in [-0.1, -0.05) is 36.7 Å². The molecule has 0 atom stereocenters. The second kappa shape index (κ2) is 7.74. The first-order chi connectivity index (χ1) is 11.0. The molecule has 0 aliphatic heterocycles. The molecule has 0 fully saturated rings. The van der Waals surface area contributed by atoms with E-state index in [1.165, 1.54) is 24.3 Å². The molecule has 4 nitrogen and oxygen atoms in total. The van der Waals surface area contributed by atoms with Gasteiger partial charge in [-0.2, -0.15) is 0 Å². The van der Waals surface area contributed by atoms with Crippen molar-refractivity contribution in [3.05, 3.63) is 64.4 Å². The fraction of sp³-hybridized carbons (Fsp3) is 0.176. The second-order valence-electron chi connectivity index (χ2n) is 4.72. The van der Waals surface area contributed by atoms with Gasteiger partial charge in [-0.05, 0) is 24.3 Å². The van der Waals surface area contributed by atoms with Crippen molar-refractivity contribution in [1.82, 2.24) is 0 Å². The molecule has 0 saturated heterocycles. The number of amides is 1. The van der Waals surface area contributed by atoms with Gasteiger partial charge in [0.2, 0.25) is 5.91 Å². The molecule has 2 aromatic rings. The number of hydrogen-bond donors (Lipinski definition) is 1. The number of carbonyl (C=O) groups is 2. The molecular weight excluding hydrogens is 321 g/mol. The number of ether oxygens (including phenoxy) is 1. The number of esters is 1. The van der Waals surface area contributed by atoms with Crippen molar-refractivity contribution in [2.24, 2.45) is 0 Å². The van der Waals surface area contributed by atoms with Gasteiger partial charge in [-0.25, -0.2) is 9.18 Å². The Morgan fingerprint density at radius 3 is 2.61 bits per heavy atom. The summed E-state index contributed by atoms with van der Waals surface area (Å²) >= 11 is 5.89. The van der Waals surface area contributed by atoms with E-state index in [0.29, 0.717) is 5.69 Å². The Morgan fingerprint density at radius 1 is 1.17 bits per heavy atom. The fourth-order valence-electron chi connectivity index (χ4n) is 1.89. The van der Waals surface area contributed by atoms with E-state index in [1.807, 2.05) is 0 Å². The fourth-order valence-corrected chi connectivity index (χ4v) is 2.11. The van der Waals surface area contributed by atoms with Crippen molar-refractivity contribution in [3.8, 4) is 0 Å². The summed E-state index contributed by atoms with van der Waals surface area (Å²) in [5, 5.41) is 2.81. The lowest BCUT2D eigenvalue weighted by atomic mass is 10.1. The maximum Gasteiger partial charge on any atom is 0.340 e. The molecule has 0 heterocycles. The molecule has 6 heteroatoms. The van der Waals surface area contributed by atoms with E-state index in [9.17, 15) is 14.0 Å². The van der Waals surface area contributed by atoms with Crippen LogP contribution in [0.15, 0.2) is 42.5 Å². The van der Waals surface area contributed by atoms with Crippen molar-refractivity contribution in [1.29, 1.82) is 0 Å². The average molecular weight is 336 g/mol. The number of anilines is 1. The van der Waals surface area contributed by atoms with E-state index in [4.69, 9.17) is 16.3 Å². The molecule has 0 saturated carbocycles. The quantitative estimate of drug-likeness (QED) is 0.834. The minimum Gasteiger partial charge on any atom is -0.457 e. The molecule has 120 valence electrons. The lowest BCUT2D eigenvalue weighted by Gasteiger charge is -2.11. The minimum atomic E-state index is -0.670. The van der Waals surface area contributed by atoms with Crippen LogP contribution in [0.5, 0.6) is 0 Å². The number of hydrogen-bond acceptors (Lipinski definition) is 3. The number of carbonyl (C=O) groups excluding carboxylic acids is 2. The predicted octanol–water partition coefficient (Wildman–Crippen LogP) is 4.18. The third kappa shape index (κ3) is 4.29. The van der Waals surface area contributed by atoms with E-state index in [-0.39, 0.29) is 35.1 Å². The zero-order chi connectivity index (χ0) is 16.8. The Bertz CT molecular complexity index is 713. The van der Waals surface area contributed by atoms with Gasteiger partial charge in [0.15, 0.2) is 0 Å². The van der Waals surface area contributed by atoms with Gasteiger partial charge >= 0.3 is 5.97 Å². The summed E-state index contributed by atoms with van der Waals surface area (Å²) < 4.78 is 18.8. The van der Waals surface area contributed by atoms with Crippen LogP contribution in [0.1, 0.15) is 29.3 Å². The molecule has 2 rings (SSSR count). The predicted molar refractivity (Wildman–Crippen MR) is 85.9 cm³/mol. The van der Waals surface area contributed by atoms with Crippen molar-refractivity contribution < 1.29 is 18.7 Å². The first-order valence-corrected chi connectivity index (χ1v) is 7.39. The van der Waals surface area contributed by atoms with Crippen LogP contribution in [0.4, 0.5) is 10.1 Å². The smallest absolute Gasteiger partial charge is 0.340 e. The Morgan fingerprint density at radius 2 is 1.91 bits per heavy atom. The molecule has 0 aromatic heterocycles. The van der Waals surface area contributed by atoms with Gasteiger partial charge < -0.3 is 10.1 Å². The largest absolute Gasteiger partial charge is 0.457 e. The van der Waals surface area contributed by atoms with Crippen LogP contribution in [-0.4, -0.2) is 11.9 Å². The first kappa shape index (κ1) is 17.0. The molecule has 0 radical (unpaired) electrons. The van der Waals surface area contributed by atoms with Crippen LogP contribution in [0.25, 0.3) is 0 Å². The number of rotatable bonds is 5. The van der Waals surface area contributed by atoms with Crippen molar-refractivity contribution in [2.45, 2.75) is 20.0 Å². The van der Waals surface area contributed by atoms with E-state index >= 15 is 0 Å². The molecule has 23 heavy (non-hydrogen) atoms. The summed E-state index contributed by atoms with van der Waals surface area (Å²) in [6.07, 6.45) is 0.286. The standard InChI is InChI=1S/C17H15ClFNO3/c1-2-16(21)20-15-9-4-3-6-11(15)17(22)23-10-12-13(18)7-5-8-14(12)19/h3-9H,2,10H2,1H3,(H,20,21). The zero-order valence-corrected chi connectivity index (χ0v) is 13.2. The summed E-state index contributed by atoms with van der Waals surface area (Å²) in [6, 6.07) is 10.7. The lowest BCUT2D eigenvalue weighted by molar-refractivity contribution is -0.115. The molecule has 1 amide bonds. The van der Waals surface area contributed by atoms with E-state index in [2.05, 4.69) is 5.32 Å². The third-order valence-electron chi connectivity index (χ3n) is 3.15. The van der Waals surface area contributed by atoms with Gasteiger partial charge in [-0.15, -0.1) is 0 Å². The Labute approximate surface area is 138 Å². The van der Waals surface area contributed by atoms with Gasteiger partial charge in [0.1, 0.15) is 12.4 Å². The van der Waals surface area contributed by atoms with Crippen molar-refractivity contribution in [3.63, 3.8) is 0 Å². The van der Waals surface area contributed by atoms with Crippen LogP contribution < -0.4 is 5.32 Å². The van der Waals surface area contributed by atoms with Gasteiger partial charge in [0.05, 0.1) is 16.3 Å². The molecule has 0 unspecified atom stereocenters. The van der Waals surface area contributed by atoms with Crippen LogP contribution in [0, 0.1) is 5.82 Å². The second-order valence-corrected chi connectivity index (χ2v) is 5.13. The first-order valence-electron chi connectivity index (χ1n) is 7.01. The van der Waals surface area contributed by atoms with Crippen LogP contribution in [-0.2, 0) is 16.1 Å². The highest BCUT2D eigenvalue weighted by Crippen LogP contribution is 2.22. The highest BCUT2D eigenvalue weighted by Gasteiger charge is 2.16. The number of nitrogens with one attached hydrogen (secondary N) is 1. The average Bonchev–Trinajstić information content (AvgIpc) is 2.54. The molecule has 0 aliphatic carbocycles. The van der Waals surface area contributed by atoms with Crippen LogP contribution >= 0.6 is 11.6 Å². The normalized spacial score (nSPS) is 10.2. The molecule has 2 aromatic carbocycles. The maximum atomic E-state index is 13.7. The number of halogens is 2. The summed E-state index contributed by atoms with van der Waals surface area (Å²) in [7, 11) is 0. The highest BCUT2D eigenvalue weighted by atomic mass is 35.5. The van der Waals surface area contributed by atoms with E-state index in [1.54, 1.807) is 25.1 Å². The van der Waals surface area contributed by atoms with Gasteiger partial charge in [0, 0.05) is 12.0 Å². The van der Waals surface area contributed by atoms with Crippen LogP contribution in [0.2, 0.25) is 5.02 Å². The maximum absolute atomic E-state index is 13.7. The topological polar surface area (TPSA) is 55.4 Å². The Balaban J connectivity index is 2.14. The molecule has 1 N–H and O–H groups in total. The minimum absolute atomic E-state index is 0.109. The summed E-state index contributed by atoms with van der Waals surface area (Å²) in [4.78, 5) is 23.7. The SMILES string of the molecule is CCC(=O)Nc1ccccc1C(=O)OCc1c(F)cccc1Cl. The van der Waals surface area contributed by atoms with Crippen LogP contribution in [0.3, 0.4) is 0 Å². The Kier molecular flexibility index (Phi) is 5.71. The number of para-hydroxylation sites is 1. The van der Waals surface area contributed by atoms with Crippen molar-refractivity contribution >= 4 is 29.2 Å². The molecular formula is C17H15ClFNO3. The molecule has 0 spiro atoms. The highest BCUT2D eigenvalue weighted by molar-refractivity contribution is 6.31. The van der Waals surface area contributed by atoms with E-state index < -0.39 is 11.8 Å². The lowest BCUT2D eigenvalue weighted by Crippen LogP contribution is -2.14. The molecule has 0 aliphatic rings. The summed E-state index contributed by atoms with van der Waals surface area (Å²) in [6.45, 7) is 1.41. The van der Waals surface area contributed by atoms with Crippen molar-refractivity contribution in [2.75, 3.05) is 5.32 Å². The molecule has 0 bridgehead atoms.